The van der Waals surface area contributed by atoms with E-state index in [1.54, 1.807) is 11.2 Å². The molecule has 0 bridgehead atoms. The van der Waals surface area contributed by atoms with Crippen molar-refractivity contribution in [1.82, 2.24) is 14.2 Å². The van der Waals surface area contributed by atoms with Crippen molar-refractivity contribution in [2.45, 2.75) is 37.4 Å². The summed E-state index contributed by atoms with van der Waals surface area (Å²) >= 11 is 1.05. The van der Waals surface area contributed by atoms with Crippen molar-refractivity contribution in [1.29, 1.82) is 0 Å². The summed E-state index contributed by atoms with van der Waals surface area (Å²) in [6.45, 7) is 8.64. The van der Waals surface area contributed by atoms with E-state index in [1.807, 2.05) is 0 Å². The molecule has 1 fully saturated rings. The van der Waals surface area contributed by atoms with Gasteiger partial charge in [-0.1, -0.05) is 18.3 Å². The molecule has 1 aromatic heterocycles. The summed E-state index contributed by atoms with van der Waals surface area (Å²) in [5.74, 6) is 0. The van der Waals surface area contributed by atoms with Crippen molar-refractivity contribution >= 4 is 26.5 Å². The molecular formula is C12H22N4O2S2. The molecule has 0 aromatic carbocycles. The fraction of sp³-hybridized carbons (Fsp3) is 0.750. The van der Waals surface area contributed by atoms with E-state index < -0.39 is 10.0 Å². The highest BCUT2D eigenvalue weighted by Crippen LogP contribution is 2.28. The number of rotatable bonds is 4. The summed E-state index contributed by atoms with van der Waals surface area (Å²) in [6, 6.07) is 0.501. The average molecular weight is 318 g/mol. The molecule has 2 N–H and O–H groups in total. The Hall–Kier alpha value is -0.700. The first-order valence-electron chi connectivity index (χ1n) is 6.83. The number of aryl methyl sites for hydroxylation is 1. The Morgan fingerprint density at radius 1 is 1.35 bits per heavy atom. The molecule has 0 spiro atoms. The second kappa shape index (κ2) is 5.97. The Bertz CT molecular complexity index is 562. The number of nitrogens with two attached hydrogens (primary N) is 1. The lowest BCUT2D eigenvalue weighted by Gasteiger charge is -2.36. The van der Waals surface area contributed by atoms with Gasteiger partial charge in [-0.2, -0.15) is 4.31 Å². The SMILES string of the molecule is CCC(C)N1CCN(S(=O)(=O)c2sc(N)nc2C)CC1. The van der Waals surface area contributed by atoms with Crippen molar-refractivity contribution in [2.75, 3.05) is 31.9 Å². The zero-order valence-corrected chi connectivity index (χ0v) is 13.8. The molecule has 1 unspecified atom stereocenters. The van der Waals surface area contributed by atoms with Gasteiger partial charge in [-0.15, -0.1) is 0 Å². The van der Waals surface area contributed by atoms with Gasteiger partial charge in [0.25, 0.3) is 10.0 Å². The second-order valence-corrected chi connectivity index (χ2v) is 8.29. The van der Waals surface area contributed by atoms with Crippen molar-refractivity contribution in [3.8, 4) is 0 Å². The minimum atomic E-state index is -3.45. The lowest BCUT2D eigenvalue weighted by Crippen LogP contribution is -2.51. The summed E-state index contributed by atoms with van der Waals surface area (Å²) in [6.07, 6.45) is 1.08. The standard InChI is InChI=1S/C12H22N4O2S2/c1-4-9(2)15-5-7-16(8-6-15)20(17,18)11-10(3)14-12(13)19-11/h9H,4-8H2,1-3H3,(H2,13,14). The van der Waals surface area contributed by atoms with Gasteiger partial charge < -0.3 is 5.73 Å². The molecule has 2 heterocycles. The highest BCUT2D eigenvalue weighted by molar-refractivity contribution is 7.91. The molecule has 114 valence electrons. The third kappa shape index (κ3) is 2.98. The normalized spacial score (nSPS) is 20.1. The number of nitrogen functional groups attached to an aromatic ring is 1. The summed E-state index contributed by atoms with van der Waals surface area (Å²) in [7, 11) is -3.45. The predicted octanol–water partition coefficient (Wildman–Crippen LogP) is 1.14. The number of thiazole rings is 1. The number of hydrogen-bond acceptors (Lipinski definition) is 6. The molecule has 1 aliphatic heterocycles. The van der Waals surface area contributed by atoms with Gasteiger partial charge in [-0.05, 0) is 20.3 Å². The van der Waals surface area contributed by atoms with Crippen LogP contribution in [0.1, 0.15) is 26.0 Å². The number of aromatic nitrogens is 1. The number of anilines is 1. The van der Waals surface area contributed by atoms with Crippen LogP contribution in [0.5, 0.6) is 0 Å². The van der Waals surface area contributed by atoms with Crippen LogP contribution < -0.4 is 5.73 Å². The molecule has 1 saturated heterocycles. The van der Waals surface area contributed by atoms with E-state index >= 15 is 0 Å². The molecule has 1 atom stereocenters. The fourth-order valence-corrected chi connectivity index (χ4v) is 5.26. The zero-order chi connectivity index (χ0) is 14.9. The van der Waals surface area contributed by atoms with Crippen LogP contribution in [0.4, 0.5) is 5.13 Å². The fourth-order valence-electron chi connectivity index (χ4n) is 2.40. The first-order chi connectivity index (χ1) is 9.36. The smallest absolute Gasteiger partial charge is 0.254 e. The van der Waals surface area contributed by atoms with Crippen LogP contribution in [-0.4, -0.2) is 54.8 Å². The number of sulfonamides is 1. The largest absolute Gasteiger partial charge is 0.375 e. The number of nitrogens with zero attached hydrogens (tertiary/aromatic N) is 3. The Labute approximate surface area is 124 Å². The van der Waals surface area contributed by atoms with Gasteiger partial charge in [0.05, 0.1) is 5.69 Å². The van der Waals surface area contributed by atoms with Gasteiger partial charge in [0.15, 0.2) is 9.34 Å². The van der Waals surface area contributed by atoms with Crippen LogP contribution >= 0.6 is 11.3 Å². The summed E-state index contributed by atoms with van der Waals surface area (Å²) < 4.78 is 27.0. The highest BCUT2D eigenvalue weighted by atomic mass is 32.2. The van der Waals surface area contributed by atoms with Crippen LogP contribution in [0, 0.1) is 6.92 Å². The molecule has 0 saturated carbocycles. The quantitative estimate of drug-likeness (QED) is 0.900. The van der Waals surface area contributed by atoms with Gasteiger partial charge in [0.2, 0.25) is 0 Å². The minimum absolute atomic E-state index is 0.284. The Morgan fingerprint density at radius 2 is 1.95 bits per heavy atom. The van der Waals surface area contributed by atoms with Crippen LogP contribution in [0.15, 0.2) is 4.21 Å². The monoisotopic (exact) mass is 318 g/mol. The minimum Gasteiger partial charge on any atom is -0.375 e. The van der Waals surface area contributed by atoms with Crippen molar-refractivity contribution < 1.29 is 8.42 Å². The van der Waals surface area contributed by atoms with Gasteiger partial charge in [0, 0.05) is 32.2 Å². The van der Waals surface area contributed by atoms with E-state index in [2.05, 4.69) is 23.7 Å². The maximum atomic E-state index is 12.6. The molecule has 0 amide bonds. The molecular weight excluding hydrogens is 296 g/mol. The maximum Gasteiger partial charge on any atom is 0.254 e. The maximum absolute atomic E-state index is 12.6. The van der Waals surface area contributed by atoms with Crippen molar-refractivity contribution in [3.05, 3.63) is 5.69 Å². The van der Waals surface area contributed by atoms with Crippen LogP contribution in [-0.2, 0) is 10.0 Å². The molecule has 8 heteroatoms. The van der Waals surface area contributed by atoms with Gasteiger partial charge in [-0.3, -0.25) is 4.90 Å². The molecule has 1 aliphatic rings. The van der Waals surface area contributed by atoms with Crippen molar-refractivity contribution in [3.63, 3.8) is 0 Å². The Kier molecular flexibility index (Phi) is 4.68. The van der Waals surface area contributed by atoms with E-state index in [0.29, 0.717) is 30.0 Å². The number of piperazine rings is 1. The second-order valence-electron chi connectivity index (χ2n) is 5.12. The van der Waals surface area contributed by atoms with Crippen molar-refractivity contribution in [2.24, 2.45) is 0 Å². The first kappa shape index (κ1) is 15.7. The lowest BCUT2D eigenvalue weighted by molar-refractivity contribution is 0.143. The zero-order valence-electron chi connectivity index (χ0n) is 12.2. The van der Waals surface area contributed by atoms with Crippen LogP contribution in [0.3, 0.4) is 0 Å². The van der Waals surface area contributed by atoms with E-state index in [0.717, 1.165) is 30.8 Å². The topological polar surface area (TPSA) is 79.5 Å². The first-order valence-corrected chi connectivity index (χ1v) is 9.09. The van der Waals surface area contributed by atoms with E-state index in [4.69, 9.17) is 5.73 Å². The third-order valence-corrected chi connectivity index (χ3v) is 7.30. The molecule has 2 rings (SSSR count). The van der Waals surface area contributed by atoms with Gasteiger partial charge in [0.1, 0.15) is 0 Å². The highest BCUT2D eigenvalue weighted by Gasteiger charge is 2.32. The molecule has 0 radical (unpaired) electrons. The number of hydrogen-bond donors (Lipinski definition) is 1. The Morgan fingerprint density at radius 3 is 2.40 bits per heavy atom. The van der Waals surface area contributed by atoms with Gasteiger partial charge >= 0.3 is 0 Å². The molecule has 6 nitrogen and oxygen atoms in total. The lowest BCUT2D eigenvalue weighted by atomic mass is 10.2. The van der Waals surface area contributed by atoms with Gasteiger partial charge in [-0.25, -0.2) is 13.4 Å². The van der Waals surface area contributed by atoms with E-state index in [1.165, 1.54) is 0 Å². The van der Waals surface area contributed by atoms with Crippen LogP contribution in [0.25, 0.3) is 0 Å². The van der Waals surface area contributed by atoms with Crippen LogP contribution in [0.2, 0.25) is 0 Å². The molecule has 20 heavy (non-hydrogen) atoms. The third-order valence-electron chi connectivity index (χ3n) is 3.83. The summed E-state index contributed by atoms with van der Waals surface area (Å²) in [5, 5.41) is 0.305. The summed E-state index contributed by atoms with van der Waals surface area (Å²) in [4.78, 5) is 6.34. The molecule has 1 aromatic rings. The predicted molar refractivity (Wildman–Crippen MR) is 81.3 cm³/mol. The Balaban J connectivity index is 2.12. The average Bonchev–Trinajstić information content (AvgIpc) is 2.77. The summed E-state index contributed by atoms with van der Waals surface area (Å²) in [5.41, 5.74) is 6.10. The molecule has 0 aliphatic carbocycles. The van der Waals surface area contributed by atoms with E-state index in [-0.39, 0.29) is 4.21 Å². The van der Waals surface area contributed by atoms with E-state index in [9.17, 15) is 8.42 Å².